The number of nitrogens with one attached hydrogen (secondary N) is 2. The van der Waals surface area contributed by atoms with Gasteiger partial charge < -0.3 is 34.9 Å². The van der Waals surface area contributed by atoms with Crippen LogP contribution in [0.1, 0.15) is 34.7 Å². The first-order chi connectivity index (χ1) is 21.0. The molecule has 1 aliphatic heterocycles. The van der Waals surface area contributed by atoms with Gasteiger partial charge in [0.05, 0.1) is 18.7 Å². The fourth-order valence-electron chi connectivity index (χ4n) is 5.26. The van der Waals surface area contributed by atoms with Gasteiger partial charge in [0, 0.05) is 56.2 Å². The largest absolute Gasteiger partial charge is 0.487 e. The number of methoxy groups -OCH3 is 1. The van der Waals surface area contributed by atoms with Crippen molar-refractivity contribution in [2.45, 2.75) is 18.8 Å². The first-order valence-corrected chi connectivity index (χ1v) is 14.4. The lowest BCUT2D eigenvalue weighted by atomic mass is 9.89. The molecule has 44 heavy (non-hydrogen) atoms. The lowest BCUT2D eigenvalue weighted by molar-refractivity contribution is 0.102. The van der Waals surface area contributed by atoms with E-state index in [-0.39, 0.29) is 31.0 Å². The maximum atomic E-state index is 13.0. The number of benzene rings is 2. The fraction of sp³-hybridized carbons (Fsp3) is 0.344. The Morgan fingerprint density at radius 3 is 2.50 bits per heavy atom. The van der Waals surface area contributed by atoms with E-state index < -0.39 is 0 Å². The molecule has 0 aliphatic carbocycles. The first-order valence-electron chi connectivity index (χ1n) is 14.4. The molecule has 2 aromatic heterocycles. The minimum Gasteiger partial charge on any atom is -0.487 e. The Hall–Kier alpha value is -4.16. The standard InChI is InChI=1S/C32H37N5O6.ClH/c1-33-32(40)37-14-10-25-19-29(28(21-27(25)37)42-18-17-41-2)43-26-7-11-34-30(20-26)35-31(39)24-5-3-22(4-6-24)23-8-12-36(13-9-23)15-16-38;/h3-7,10-11,14,19-21,23,38H,8-9,12-13,15-18H2,1-2H3,(H,33,40)(H,34,35,39);1H. The van der Waals surface area contributed by atoms with E-state index in [1.54, 1.807) is 50.8 Å². The summed E-state index contributed by atoms with van der Waals surface area (Å²) in [5.41, 5.74) is 2.43. The Morgan fingerprint density at radius 2 is 1.80 bits per heavy atom. The molecule has 234 valence electrons. The zero-order valence-electron chi connectivity index (χ0n) is 24.8. The van der Waals surface area contributed by atoms with Gasteiger partial charge in [0.15, 0.2) is 11.5 Å². The maximum Gasteiger partial charge on any atom is 0.325 e. The molecule has 0 saturated carbocycles. The summed E-state index contributed by atoms with van der Waals surface area (Å²) in [5.74, 6) is 1.86. The number of aromatic nitrogens is 2. The van der Waals surface area contributed by atoms with E-state index in [1.165, 1.54) is 10.1 Å². The van der Waals surface area contributed by atoms with Crippen LogP contribution in [0.3, 0.4) is 0 Å². The van der Waals surface area contributed by atoms with E-state index >= 15 is 0 Å². The summed E-state index contributed by atoms with van der Waals surface area (Å²) in [6.07, 6.45) is 5.31. The Bertz CT molecular complexity index is 1550. The third-order valence-electron chi connectivity index (χ3n) is 7.58. The summed E-state index contributed by atoms with van der Waals surface area (Å²) in [6, 6.07) is 16.2. The lowest BCUT2D eigenvalue weighted by Gasteiger charge is -2.31. The Labute approximate surface area is 262 Å². The summed E-state index contributed by atoms with van der Waals surface area (Å²) in [6.45, 7) is 3.51. The number of anilines is 1. The van der Waals surface area contributed by atoms with E-state index in [4.69, 9.17) is 19.3 Å². The molecule has 1 aliphatic rings. The topological polar surface area (TPSA) is 127 Å². The van der Waals surface area contributed by atoms with Crippen molar-refractivity contribution in [2.75, 3.05) is 58.9 Å². The van der Waals surface area contributed by atoms with Crippen molar-refractivity contribution in [3.8, 4) is 17.2 Å². The number of likely N-dealkylation sites (tertiary alicyclic amines) is 1. The molecule has 5 rings (SSSR count). The third kappa shape index (κ3) is 7.86. The van der Waals surface area contributed by atoms with E-state index in [9.17, 15) is 9.59 Å². The molecular formula is C32H38ClN5O6. The second kappa shape index (κ2) is 15.5. The molecule has 3 heterocycles. The van der Waals surface area contributed by atoms with E-state index in [0.717, 1.165) is 37.9 Å². The minimum absolute atomic E-state index is 0. The fourth-order valence-corrected chi connectivity index (χ4v) is 5.26. The molecule has 2 aromatic carbocycles. The molecule has 3 N–H and O–H groups in total. The molecule has 4 aromatic rings. The highest BCUT2D eigenvalue weighted by Gasteiger charge is 2.21. The van der Waals surface area contributed by atoms with Gasteiger partial charge in [0.25, 0.3) is 5.91 Å². The highest BCUT2D eigenvalue weighted by molar-refractivity contribution is 6.03. The zero-order chi connectivity index (χ0) is 30.2. The summed E-state index contributed by atoms with van der Waals surface area (Å²) in [5, 5.41) is 15.4. The quantitative estimate of drug-likeness (QED) is 0.202. The molecule has 12 heteroatoms. The van der Waals surface area contributed by atoms with E-state index in [0.29, 0.717) is 53.3 Å². The van der Waals surface area contributed by atoms with Crippen molar-refractivity contribution in [3.05, 3.63) is 78.1 Å². The summed E-state index contributed by atoms with van der Waals surface area (Å²) in [7, 11) is 3.16. The zero-order valence-corrected chi connectivity index (χ0v) is 25.6. The average Bonchev–Trinajstić information content (AvgIpc) is 3.44. The normalized spacial score (nSPS) is 13.7. The van der Waals surface area contributed by atoms with Gasteiger partial charge >= 0.3 is 6.03 Å². The second-order valence-corrected chi connectivity index (χ2v) is 10.3. The molecule has 2 amide bonds. The predicted molar refractivity (Wildman–Crippen MR) is 171 cm³/mol. The van der Waals surface area contributed by atoms with Gasteiger partial charge in [-0.25, -0.2) is 9.78 Å². The first kappa shape index (κ1) is 32.7. The average molecular weight is 624 g/mol. The maximum absolute atomic E-state index is 13.0. The van der Waals surface area contributed by atoms with Crippen LogP contribution in [-0.4, -0.2) is 85.1 Å². The van der Waals surface area contributed by atoms with Gasteiger partial charge in [-0.05, 0) is 67.7 Å². The van der Waals surface area contributed by atoms with Gasteiger partial charge in [-0.1, -0.05) is 12.1 Å². The molecule has 0 bridgehead atoms. The number of aliphatic hydroxyl groups excluding tert-OH is 1. The monoisotopic (exact) mass is 623 g/mol. The van der Waals surface area contributed by atoms with Crippen LogP contribution in [0.25, 0.3) is 10.9 Å². The van der Waals surface area contributed by atoms with E-state index in [2.05, 4.69) is 20.5 Å². The predicted octanol–water partition coefficient (Wildman–Crippen LogP) is 4.89. The molecule has 1 saturated heterocycles. The Balaban J connectivity index is 0.00000442. The van der Waals surface area contributed by atoms with Crippen LogP contribution in [0.2, 0.25) is 0 Å². The van der Waals surface area contributed by atoms with Gasteiger partial charge in [-0.2, -0.15) is 0 Å². The minimum atomic E-state index is -0.269. The molecule has 0 radical (unpaired) electrons. The number of piperidine rings is 1. The van der Waals surface area contributed by atoms with Crippen LogP contribution in [0.4, 0.5) is 10.6 Å². The smallest absolute Gasteiger partial charge is 0.325 e. The van der Waals surface area contributed by atoms with Gasteiger partial charge in [0.2, 0.25) is 0 Å². The van der Waals surface area contributed by atoms with Crippen LogP contribution >= 0.6 is 12.4 Å². The summed E-state index contributed by atoms with van der Waals surface area (Å²) >= 11 is 0. The number of rotatable bonds is 11. The molecule has 0 unspecified atom stereocenters. The number of carbonyl (C=O) groups is 2. The van der Waals surface area contributed by atoms with Crippen molar-refractivity contribution in [3.63, 3.8) is 0 Å². The van der Waals surface area contributed by atoms with Gasteiger partial charge in [-0.3, -0.25) is 9.36 Å². The highest BCUT2D eigenvalue weighted by atomic mass is 35.5. The number of carbonyl (C=O) groups excluding carboxylic acids is 2. The van der Waals surface area contributed by atoms with Crippen LogP contribution < -0.4 is 20.1 Å². The lowest BCUT2D eigenvalue weighted by Crippen LogP contribution is -2.34. The Morgan fingerprint density at radius 1 is 1.02 bits per heavy atom. The molecule has 0 spiro atoms. The number of fused-ring (bicyclic) bond motifs is 1. The number of halogens is 1. The number of aliphatic hydroxyl groups is 1. The molecular weight excluding hydrogens is 586 g/mol. The van der Waals surface area contributed by atoms with Gasteiger partial charge in [0.1, 0.15) is 18.2 Å². The number of nitrogens with zero attached hydrogens (tertiary/aromatic N) is 3. The number of hydrogen-bond donors (Lipinski definition) is 3. The number of pyridine rings is 1. The van der Waals surface area contributed by atoms with Gasteiger partial charge in [-0.15, -0.1) is 12.4 Å². The number of hydrogen-bond acceptors (Lipinski definition) is 8. The number of amides is 2. The number of β-amino-alcohol motifs (C(OH)–C–C–N with tert-alkyl or cyclic N) is 1. The van der Waals surface area contributed by atoms with Crippen molar-refractivity contribution < 1.29 is 28.9 Å². The molecule has 0 atom stereocenters. The number of ether oxygens (including phenoxy) is 3. The van der Waals surface area contributed by atoms with Crippen molar-refractivity contribution in [2.24, 2.45) is 0 Å². The molecule has 1 fully saturated rings. The summed E-state index contributed by atoms with van der Waals surface area (Å²) in [4.78, 5) is 31.9. The van der Waals surface area contributed by atoms with Crippen LogP contribution in [0, 0.1) is 0 Å². The summed E-state index contributed by atoms with van der Waals surface area (Å²) < 4.78 is 18.7. The van der Waals surface area contributed by atoms with Crippen LogP contribution in [0.5, 0.6) is 17.2 Å². The van der Waals surface area contributed by atoms with Crippen LogP contribution in [-0.2, 0) is 4.74 Å². The third-order valence-corrected chi connectivity index (χ3v) is 7.58. The van der Waals surface area contributed by atoms with E-state index in [1.807, 2.05) is 30.3 Å². The molecule has 11 nitrogen and oxygen atoms in total. The Kier molecular flexibility index (Phi) is 11.6. The van der Waals surface area contributed by atoms with Crippen molar-refractivity contribution >= 4 is 41.1 Å². The van der Waals surface area contributed by atoms with Crippen molar-refractivity contribution in [1.29, 1.82) is 0 Å². The highest BCUT2D eigenvalue weighted by Crippen LogP contribution is 2.37. The van der Waals surface area contributed by atoms with Crippen LogP contribution in [0.15, 0.2) is 67.0 Å². The van der Waals surface area contributed by atoms with Crippen molar-refractivity contribution in [1.82, 2.24) is 19.8 Å². The second-order valence-electron chi connectivity index (χ2n) is 10.3. The SMILES string of the molecule is CNC(=O)n1ccc2cc(Oc3ccnc(NC(=O)c4ccc(C5CCN(CCO)CC5)cc4)c3)c(OCCOC)cc21.Cl.